The third kappa shape index (κ3) is 5.98. The summed E-state index contributed by atoms with van der Waals surface area (Å²) in [4.78, 5) is 9.81. The van der Waals surface area contributed by atoms with Crippen LogP contribution >= 0.6 is 0 Å². The number of fused-ring (bicyclic) bond motifs is 8. The fourth-order valence-corrected chi connectivity index (χ4v) is 9.11. The monoisotopic (exact) mass is 794 g/mol. The van der Waals surface area contributed by atoms with Gasteiger partial charge in [0.2, 0.25) is 5.89 Å². The average Bonchev–Trinajstić information content (AvgIpc) is 3.93. The van der Waals surface area contributed by atoms with Crippen molar-refractivity contribution in [3.63, 3.8) is 0 Å². The Morgan fingerprint density at radius 3 is 1.55 bits per heavy atom. The van der Waals surface area contributed by atoms with Gasteiger partial charge in [-0.05, 0) is 131 Å². The fraction of sp³-hybridized carbons (Fsp3) is 0. The number of para-hydroxylation sites is 4. The summed E-state index contributed by atoms with van der Waals surface area (Å²) < 4.78 is 8.77. The first-order valence-electron chi connectivity index (χ1n) is 21.0. The van der Waals surface area contributed by atoms with Crippen molar-refractivity contribution in [2.75, 3.05) is 9.80 Å². The van der Waals surface area contributed by atoms with Gasteiger partial charge in [0.1, 0.15) is 5.52 Å². The molecule has 0 N–H and O–H groups in total. The molecule has 0 saturated heterocycles. The third-order valence-corrected chi connectivity index (χ3v) is 11.9. The molecule has 12 aromatic rings. The Balaban J connectivity index is 1.07. The third-order valence-electron chi connectivity index (χ3n) is 11.9. The summed E-state index contributed by atoms with van der Waals surface area (Å²) in [5.74, 6) is 0.617. The van der Waals surface area contributed by atoms with Gasteiger partial charge in [0.25, 0.3) is 0 Å². The fourth-order valence-electron chi connectivity index (χ4n) is 9.11. The normalized spacial score (nSPS) is 11.5. The number of nitrogens with zero attached hydrogens (tertiary/aromatic N) is 4. The second-order valence-electron chi connectivity index (χ2n) is 15.6. The summed E-state index contributed by atoms with van der Waals surface area (Å²) in [6, 6.07) is 81.7. The van der Waals surface area contributed by atoms with Crippen LogP contribution in [0.25, 0.3) is 71.6 Å². The van der Waals surface area contributed by atoms with Gasteiger partial charge in [0.05, 0.1) is 11.0 Å². The average molecular weight is 795 g/mol. The van der Waals surface area contributed by atoms with Gasteiger partial charge in [-0.3, -0.25) is 0 Å². The maximum Gasteiger partial charge on any atom is 0.227 e. The number of oxazole rings is 1. The van der Waals surface area contributed by atoms with Crippen molar-refractivity contribution >= 4 is 88.6 Å². The van der Waals surface area contributed by atoms with Crippen molar-refractivity contribution in [1.29, 1.82) is 0 Å². The molecule has 0 aliphatic heterocycles. The Bertz CT molecular complexity index is 3520. The van der Waals surface area contributed by atoms with Crippen molar-refractivity contribution < 1.29 is 4.42 Å². The number of rotatable bonds is 8. The maximum absolute atomic E-state index is 6.40. The minimum absolute atomic E-state index is 0.617. The van der Waals surface area contributed by atoms with Crippen LogP contribution in [0.1, 0.15) is 0 Å². The van der Waals surface area contributed by atoms with Gasteiger partial charge in [-0.1, -0.05) is 115 Å². The van der Waals surface area contributed by atoms with E-state index in [1.165, 1.54) is 16.3 Å². The molecule has 5 heteroatoms. The Labute approximate surface area is 358 Å². The molecular weight excluding hydrogens is 757 g/mol. The van der Waals surface area contributed by atoms with Gasteiger partial charge in [-0.15, -0.1) is 0 Å². The van der Waals surface area contributed by atoms with E-state index >= 15 is 0 Å². The van der Waals surface area contributed by atoms with E-state index in [2.05, 4.69) is 208 Å². The van der Waals surface area contributed by atoms with Gasteiger partial charge in [-0.25, -0.2) is 4.98 Å². The number of anilines is 6. The molecule has 2 aromatic heterocycles. The predicted molar refractivity (Wildman–Crippen MR) is 258 cm³/mol. The molecule has 5 nitrogen and oxygen atoms in total. The van der Waals surface area contributed by atoms with Gasteiger partial charge < -0.3 is 18.8 Å². The van der Waals surface area contributed by atoms with E-state index in [-0.39, 0.29) is 0 Å². The second kappa shape index (κ2) is 14.7. The number of hydrogen-bond donors (Lipinski definition) is 0. The smallest absolute Gasteiger partial charge is 0.227 e. The lowest BCUT2D eigenvalue weighted by Gasteiger charge is -2.28. The highest BCUT2D eigenvalue weighted by atomic mass is 16.3. The molecule has 0 aliphatic rings. The van der Waals surface area contributed by atoms with E-state index in [0.717, 1.165) is 83.5 Å². The van der Waals surface area contributed by atoms with Gasteiger partial charge in [0, 0.05) is 61.5 Å². The highest BCUT2D eigenvalue weighted by Crippen LogP contribution is 2.44. The van der Waals surface area contributed by atoms with Crippen LogP contribution < -0.4 is 9.80 Å². The van der Waals surface area contributed by atoms with Crippen LogP contribution in [-0.4, -0.2) is 9.55 Å². The highest BCUT2D eigenvalue weighted by Gasteiger charge is 2.21. The topological polar surface area (TPSA) is 37.4 Å². The highest BCUT2D eigenvalue weighted by molar-refractivity contribution is 6.19. The van der Waals surface area contributed by atoms with E-state index in [9.17, 15) is 0 Å². The Hall–Kier alpha value is -8.41. The molecule has 292 valence electrons. The van der Waals surface area contributed by atoms with Crippen molar-refractivity contribution in [3.05, 3.63) is 231 Å². The molecule has 62 heavy (non-hydrogen) atoms. The number of aromatic nitrogens is 2. The summed E-state index contributed by atoms with van der Waals surface area (Å²) >= 11 is 0. The lowest BCUT2D eigenvalue weighted by molar-refractivity contribution is 0.620. The molecule has 0 bridgehead atoms. The van der Waals surface area contributed by atoms with E-state index in [0.29, 0.717) is 5.89 Å². The zero-order chi connectivity index (χ0) is 41.0. The minimum atomic E-state index is 0.617. The van der Waals surface area contributed by atoms with E-state index in [1.807, 2.05) is 36.4 Å². The molecule has 12 rings (SSSR count). The predicted octanol–water partition coefficient (Wildman–Crippen LogP) is 15.8. The van der Waals surface area contributed by atoms with Crippen molar-refractivity contribution in [2.24, 2.45) is 0 Å². The quantitative estimate of drug-likeness (QED) is 0.144. The van der Waals surface area contributed by atoms with Crippen molar-refractivity contribution in [3.8, 4) is 17.1 Å². The van der Waals surface area contributed by atoms with Gasteiger partial charge >= 0.3 is 0 Å². The Morgan fingerprint density at radius 2 is 0.855 bits per heavy atom. The van der Waals surface area contributed by atoms with Crippen molar-refractivity contribution in [1.82, 2.24) is 9.55 Å². The zero-order valence-corrected chi connectivity index (χ0v) is 33.6. The maximum atomic E-state index is 6.40. The lowest BCUT2D eigenvalue weighted by atomic mass is 9.99. The zero-order valence-electron chi connectivity index (χ0n) is 33.6. The molecule has 0 aliphatic carbocycles. The molecule has 10 aromatic carbocycles. The van der Waals surface area contributed by atoms with E-state index < -0.39 is 0 Å². The molecule has 0 saturated carbocycles. The molecule has 0 atom stereocenters. The first-order valence-corrected chi connectivity index (χ1v) is 21.0. The Morgan fingerprint density at radius 1 is 0.371 bits per heavy atom. The van der Waals surface area contributed by atoms with E-state index in [1.54, 1.807) is 0 Å². The Kier molecular flexibility index (Phi) is 8.42. The summed E-state index contributed by atoms with van der Waals surface area (Å²) in [5.41, 5.74) is 12.4. The standard InChI is InChI=1S/C57H38N4O/c1-5-15-41(16-6-1)57-58-56-54(62-57)36-28-40-26-25-39-27-29-47(37-50(39)55(40)56)60(46-32-30-45(31-33-46)59(42-17-7-2-8-18-42)43-19-9-3-10-20-43)48-34-35-53-51(38-48)49-23-13-14-24-52(49)61(53)44-21-11-4-12-22-44/h1-38H. The summed E-state index contributed by atoms with van der Waals surface area (Å²) in [7, 11) is 0. The molecule has 2 heterocycles. The first kappa shape index (κ1) is 35.5. The lowest BCUT2D eigenvalue weighted by Crippen LogP contribution is -2.12. The van der Waals surface area contributed by atoms with Gasteiger partial charge in [0.15, 0.2) is 5.58 Å². The molecule has 0 amide bonds. The van der Waals surface area contributed by atoms with E-state index in [4.69, 9.17) is 9.40 Å². The van der Waals surface area contributed by atoms with Crippen LogP contribution in [-0.2, 0) is 0 Å². The first-order chi connectivity index (χ1) is 30.7. The molecule has 0 fully saturated rings. The minimum Gasteiger partial charge on any atom is -0.436 e. The molecular formula is C57H38N4O. The number of benzene rings is 10. The van der Waals surface area contributed by atoms with Crippen molar-refractivity contribution in [2.45, 2.75) is 0 Å². The van der Waals surface area contributed by atoms with Crippen LogP contribution in [0, 0.1) is 0 Å². The summed E-state index contributed by atoms with van der Waals surface area (Å²) in [5, 5.41) is 6.83. The SMILES string of the molecule is c1ccc(-c2nc3c(ccc4ccc5ccc(N(c6ccc(N(c7ccccc7)c7ccccc7)cc6)c6ccc7c(c6)c6ccccc6n7-c6ccccc6)cc5c43)o2)cc1. The molecule has 0 unspecified atom stereocenters. The largest absolute Gasteiger partial charge is 0.436 e. The van der Waals surface area contributed by atoms with Crippen LogP contribution in [0.15, 0.2) is 235 Å². The molecule has 0 spiro atoms. The number of hydrogen-bond acceptors (Lipinski definition) is 4. The molecule has 0 radical (unpaired) electrons. The summed E-state index contributed by atoms with van der Waals surface area (Å²) in [6.07, 6.45) is 0. The van der Waals surface area contributed by atoms with Crippen LogP contribution in [0.4, 0.5) is 34.1 Å². The van der Waals surface area contributed by atoms with Crippen LogP contribution in [0.2, 0.25) is 0 Å². The van der Waals surface area contributed by atoms with Gasteiger partial charge in [-0.2, -0.15) is 0 Å². The van der Waals surface area contributed by atoms with Crippen LogP contribution in [0.5, 0.6) is 0 Å². The van der Waals surface area contributed by atoms with Crippen LogP contribution in [0.3, 0.4) is 0 Å². The summed E-state index contributed by atoms with van der Waals surface area (Å²) in [6.45, 7) is 0. The second-order valence-corrected chi connectivity index (χ2v) is 15.6.